The van der Waals surface area contributed by atoms with Gasteiger partial charge in [0.2, 0.25) is 5.91 Å². The molecule has 1 aliphatic rings. The zero-order valence-electron chi connectivity index (χ0n) is 13.8. The van der Waals surface area contributed by atoms with Gasteiger partial charge in [0.15, 0.2) is 5.17 Å². The maximum atomic E-state index is 12.6. The monoisotopic (exact) mass is 388 g/mol. The second-order valence-electron chi connectivity index (χ2n) is 5.49. The molecule has 1 aliphatic heterocycles. The molecule has 0 radical (unpaired) electrons. The summed E-state index contributed by atoms with van der Waals surface area (Å²) in [6.07, 6.45) is 1.44. The Labute approximate surface area is 155 Å². The Balaban J connectivity index is 1.81. The first-order chi connectivity index (χ1) is 12.4. The summed E-state index contributed by atoms with van der Waals surface area (Å²) in [7, 11) is -3.71. The Morgan fingerprint density at radius 2 is 1.88 bits per heavy atom. The number of carbonyl (C=O) groups is 1. The maximum absolute atomic E-state index is 12.6. The molecule has 3 rings (SSSR count). The molecule has 0 aromatic heterocycles. The highest BCUT2D eigenvalue weighted by molar-refractivity contribution is 8.15. The predicted molar refractivity (Wildman–Crippen MR) is 104 cm³/mol. The van der Waals surface area contributed by atoms with Gasteiger partial charge in [-0.1, -0.05) is 47.7 Å². The summed E-state index contributed by atoms with van der Waals surface area (Å²) < 4.78 is 27.7. The first-order valence-corrected chi connectivity index (χ1v) is 10.1. The van der Waals surface area contributed by atoms with Crippen LogP contribution in [-0.4, -0.2) is 31.5 Å². The van der Waals surface area contributed by atoms with E-state index < -0.39 is 10.0 Å². The highest BCUT2D eigenvalue weighted by Crippen LogP contribution is 2.19. The lowest BCUT2D eigenvalue weighted by atomic mass is 10.2. The van der Waals surface area contributed by atoms with Crippen molar-refractivity contribution in [1.82, 2.24) is 5.32 Å². The van der Waals surface area contributed by atoms with E-state index in [0.29, 0.717) is 22.2 Å². The Hall–Kier alpha value is -2.65. The molecule has 0 bridgehead atoms. The molecule has 0 unspecified atom stereocenters. The van der Waals surface area contributed by atoms with E-state index in [4.69, 9.17) is 0 Å². The Morgan fingerprint density at radius 1 is 1.15 bits per heavy atom. The molecule has 2 N–H and O–H groups in total. The number of nitrogens with zero attached hydrogens (tertiary/aromatic N) is 2. The largest absolute Gasteiger partial charge is 0.303 e. The van der Waals surface area contributed by atoms with Gasteiger partial charge in [0.1, 0.15) is 0 Å². The number of para-hydroxylation sites is 1. The van der Waals surface area contributed by atoms with E-state index >= 15 is 0 Å². The van der Waals surface area contributed by atoms with Gasteiger partial charge in [-0.05, 0) is 25.1 Å². The van der Waals surface area contributed by atoms with Gasteiger partial charge in [-0.2, -0.15) is 5.10 Å². The van der Waals surface area contributed by atoms with Crippen molar-refractivity contribution in [2.75, 3.05) is 10.5 Å². The maximum Gasteiger partial charge on any atom is 0.261 e. The molecule has 9 heteroatoms. The number of nitrogens with one attached hydrogen (secondary N) is 2. The number of hydrogen-bond acceptors (Lipinski definition) is 6. The van der Waals surface area contributed by atoms with Gasteiger partial charge < -0.3 is 5.32 Å². The molecular weight excluding hydrogens is 372 g/mol. The van der Waals surface area contributed by atoms with Crippen molar-refractivity contribution in [1.29, 1.82) is 0 Å². The summed E-state index contributed by atoms with van der Waals surface area (Å²) in [6.45, 7) is 1.89. The fraction of sp³-hybridized carbons (Fsp3) is 0.118. The first-order valence-electron chi connectivity index (χ1n) is 7.66. The SMILES string of the molecule is Cc1ccc(S(=O)(=O)Nc2ccccc2C=NN=C2NC(=O)CS2)cc1. The number of carbonyl (C=O) groups excluding carboxylic acids is 1. The molecule has 2 aromatic carbocycles. The highest BCUT2D eigenvalue weighted by atomic mass is 32.2. The van der Waals surface area contributed by atoms with Crippen molar-refractivity contribution < 1.29 is 13.2 Å². The average molecular weight is 388 g/mol. The summed E-state index contributed by atoms with van der Waals surface area (Å²) in [5, 5.41) is 10.8. The van der Waals surface area contributed by atoms with E-state index in [1.807, 2.05) is 6.92 Å². The number of amidine groups is 1. The normalized spacial score (nSPS) is 16.2. The van der Waals surface area contributed by atoms with Crippen molar-refractivity contribution in [2.24, 2.45) is 10.2 Å². The lowest BCUT2D eigenvalue weighted by Crippen LogP contribution is -2.19. The van der Waals surface area contributed by atoms with Crippen LogP contribution >= 0.6 is 11.8 Å². The summed E-state index contributed by atoms with van der Waals surface area (Å²) in [5.41, 5.74) is 1.93. The zero-order chi connectivity index (χ0) is 18.6. The highest BCUT2D eigenvalue weighted by Gasteiger charge is 2.17. The Bertz CT molecular complexity index is 983. The van der Waals surface area contributed by atoms with Crippen molar-refractivity contribution in [2.45, 2.75) is 11.8 Å². The molecule has 2 aromatic rings. The van der Waals surface area contributed by atoms with Crippen LogP contribution in [0.4, 0.5) is 5.69 Å². The van der Waals surface area contributed by atoms with Crippen LogP contribution in [0.25, 0.3) is 0 Å². The van der Waals surface area contributed by atoms with E-state index in [1.54, 1.807) is 48.5 Å². The average Bonchev–Trinajstić information content (AvgIpc) is 3.02. The van der Waals surface area contributed by atoms with Crippen LogP contribution in [0.2, 0.25) is 0 Å². The molecule has 7 nitrogen and oxygen atoms in total. The first kappa shape index (κ1) is 18.2. The van der Waals surface area contributed by atoms with E-state index in [9.17, 15) is 13.2 Å². The molecule has 0 saturated carbocycles. The summed E-state index contributed by atoms with van der Waals surface area (Å²) in [4.78, 5) is 11.3. The topological polar surface area (TPSA) is 100.0 Å². The smallest absolute Gasteiger partial charge is 0.261 e. The standard InChI is InChI=1S/C17H16N4O3S2/c1-12-6-8-14(9-7-12)26(23,24)21-15-5-3-2-4-13(15)10-18-20-17-19-16(22)11-25-17/h2-10,21H,11H2,1H3,(H,19,20,22). The summed E-state index contributed by atoms with van der Waals surface area (Å²) in [6, 6.07) is 13.5. The van der Waals surface area contributed by atoms with Gasteiger partial charge >= 0.3 is 0 Å². The zero-order valence-corrected chi connectivity index (χ0v) is 15.5. The Morgan fingerprint density at radius 3 is 2.58 bits per heavy atom. The van der Waals surface area contributed by atoms with Crippen molar-refractivity contribution >= 4 is 44.8 Å². The van der Waals surface area contributed by atoms with Crippen LogP contribution in [0.3, 0.4) is 0 Å². The summed E-state index contributed by atoms with van der Waals surface area (Å²) >= 11 is 1.26. The molecule has 1 amide bonds. The number of sulfonamides is 1. The number of rotatable bonds is 5. The number of aryl methyl sites for hydroxylation is 1. The lowest BCUT2D eigenvalue weighted by molar-refractivity contribution is -0.116. The predicted octanol–water partition coefficient (Wildman–Crippen LogP) is 2.35. The van der Waals surface area contributed by atoms with E-state index in [0.717, 1.165) is 5.56 Å². The molecule has 1 fully saturated rings. The second-order valence-corrected chi connectivity index (χ2v) is 8.14. The molecule has 0 atom stereocenters. The molecule has 0 spiro atoms. The summed E-state index contributed by atoms with van der Waals surface area (Å²) in [5.74, 6) is 0.205. The van der Waals surface area contributed by atoms with Crippen molar-refractivity contribution in [3.8, 4) is 0 Å². The molecule has 26 heavy (non-hydrogen) atoms. The number of benzene rings is 2. The minimum atomic E-state index is -3.71. The van der Waals surface area contributed by atoms with Crippen LogP contribution in [0.5, 0.6) is 0 Å². The number of amides is 1. The minimum absolute atomic E-state index is 0.116. The van der Waals surface area contributed by atoms with Crippen LogP contribution in [0.15, 0.2) is 63.6 Å². The molecule has 1 heterocycles. The fourth-order valence-corrected chi connectivity index (χ4v) is 3.86. The van der Waals surface area contributed by atoms with Gasteiger partial charge in [-0.15, -0.1) is 5.10 Å². The lowest BCUT2D eigenvalue weighted by Gasteiger charge is -2.10. The fourth-order valence-electron chi connectivity index (χ4n) is 2.15. The molecular formula is C17H16N4O3S2. The van der Waals surface area contributed by atoms with Gasteiger partial charge in [0.05, 0.1) is 22.6 Å². The molecule has 0 aliphatic carbocycles. The van der Waals surface area contributed by atoms with Gasteiger partial charge in [0, 0.05) is 5.56 Å². The third kappa shape index (κ3) is 4.50. The quantitative estimate of drug-likeness (QED) is 0.606. The second kappa shape index (κ2) is 7.71. The van der Waals surface area contributed by atoms with E-state index in [1.165, 1.54) is 18.0 Å². The minimum Gasteiger partial charge on any atom is -0.303 e. The van der Waals surface area contributed by atoms with Crippen LogP contribution in [0.1, 0.15) is 11.1 Å². The third-order valence-corrected chi connectivity index (χ3v) is 5.71. The van der Waals surface area contributed by atoms with E-state index in [-0.39, 0.29) is 10.8 Å². The van der Waals surface area contributed by atoms with Crippen LogP contribution in [0, 0.1) is 6.92 Å². The Kier molecular flexibility index (Phi) is 5.38. The van der Waals surface area contributed by atoms with Crippen LogP contribution in [-0.2, 0) is 14.8 Å². The van der Waals surface area contributed by atoms with Crippen LogP contribution < -0.4 is 10.0 Å². The molecule has 134 valence electrons. The number of hydrogen-bond donors (Lipinski definition) is 2. The van der Waals surface area contributed by atoms with Gasteiger partial charge in [0.25, 0.3) is 10.0 Å². The van der Waals surface area contributed by atoms with Gasteiger partial charge in [-0.3, -0.25) is 9.52 Å². The number of thioether (sulfide) groups is 1. The third-order valence-electron chi connectivity index (χ3n) is 3.47. The van der Waals surface area contributed by atoms with Gasteiger partial charge in [-0.25, -0.2) is 8.42 Å². The van der Waals surface area contributed by atoms with Crippen molar-refractivity contribution in [3.63, 3.8) is 0 Å². The van der Waals surface area contributed by atoms with Crippen molar-refractivity contribution in [3.05, 3.63) is 59.7 Å². The van der Waals surface area contributed by atoms with E-state index in [2.05, 4.69) is 20.2 Å². The molecule has 1 saturated heterocycles. The number of anilines is 1.